The van der Waals surface area contributed by atoms with Crippen LogP contribution in [0, 0.1) is 17.5 Å². The Morgan fingerprint density at radius 2 is 1.79 bits per heavy atom. The lowest BCUT2D eigenvalue weighted by atomic mass is 10.1. The minimum atomic E-state index is -1.65. The third-order valence-electron chi connectivity index (χ3n) is 4.47. The van der Waals surface area contributed by atoms with Crippen LogP contribution in [0.2, 0.25) is 0 Å². The maximum absolute atomic E-state index is 13.8. The second kappa shape index (κ2) is 8.91. The number of carbonyl (C=O) groups is 2. The highest BCUT2D eigenvalue weighted by Gasteiger charge is 2.20. The summed E-state index contributed by atoms with van der Waals surface area (Å²) in [5.74, 6) is -5.24. The summed E-state index contributed by atoms with van der Waals surface area (Å²) < 4.78 is 40.1. The Balaban J connectivity index is 1.69. The number of Topliss-reactive ketones (excluding diaryl/α,β-unsaturated/α-hetero) is 1. The molecule has 0 aliphatic heterocycles. The lowest BCUT2D eigenvalue weighted by Gasteiger charge is -2.20. The molecule has 1 heterocycles. The highest BCUT2D eigenvalue weighted by molar-refractivity contribution is 6.09. The van der Waals surface area contributed by atoms with Crippen molar-refractivity contribution in [2.24, 2.45) is 0 Å². The number of hydrogen-bond donors (Lipinski definition) is 2. The minimum Gasteiger partial charge on any atom is -0.360 e. The Bertz CT molecular complexity index is 1050. The molecule has 3 aromatic rings. The van der Waals surface area contributed by atoms with Crippen LogP contribution in [-0.2, 0) is 4.79 Å². The summed E-state index contributed by atoms with van der Waals surface area (Å²) in [6.07, 6.45) is 2.32. The van der Waals surface area contributed by atoms with Gasteiger partial charge in [-0.1, -0.05) is 25.1 Å². The van der Waals surface area contributed by atoms with Gasteiger partial charge in [0, 0.05) is 22.7 Å². The number of nitrogens with one attached hydrogen (secondary N) is 2. The van der Waals surface area contributed by atoms with Gasteiger partial charge in [-0.2, -0.15) is 0 Å². The zero-order chi connectivity index (χ0) is 21.0. The van der Waals surface area contributed by atoms with Crippen molar-refractivity contribution in [1.29, 1.82) is 0 Å². The van der Waals surface area contributed by atoms with Gasteiger partial charge in [0.05, 0.1) is 18.8 Å². The number of anilines is 1. The van der Waals surface area contributed by atoms with E-state index in [4.69, 9.17) is 0 Å². The van der Waals surface area contributed by atoms with Crippen LogP contribution in [0.4, 0.5) is 18.9 Å². The maximum atomic E-state index is 13.8. The maximum Gasteiger partial charge on any atom is 0.238 e. The first kappa shape index (κ1) is 20.6. The molecule has 152 valence electrons. The third kappa shape index (κ3) is 4.65. The van der Waals surface area contributed by atoms with Gasteiger partial charge in [-0.25, -0.2) is 13.2 Å². The number of fused-ring (bicyclic) bond motifs is 1. The molecule has 0 atom stereocenters. The lowest BCUT2D eigenvalue weighted by Crippen LogP contribution is -2.37. The Kier molecular flexibility index (Phi) is 6.33. The topological polar surface area (TPSA) is 65.2 Å². The first-order valence-corrected chi connectivity index (χ1v) is 9.15. The Labute approximate surface area is 165 Å². The molecular formula is C21H20F3N3O2. The summed E-state index contributed by atoms with van der Waals surface area (Å²) in [6, 6.07) is 9.08. The van der Waals surface area contributed by atoms with Crippen molar-refractivity contribution in [3.05, 3.63) is 65.6 Å². The Hall–Kier alpha value is -3.13. The lowest BCUT2D eigenvalue weighted by molar-refractivity contribution is -0.117. The van der Waals surface area contributed by atoms with Crippen molar-refractivity contribution in [3.8, 4) is 0 Å². The van der Waals surface area contributed by atoms with E-state index in [2.05, 4.69) is 10.3 Å². The number of nitrogens with zero attached hydrogens (tertiary/aromatic N) is 1. The van der Waals surface area contributed by atoms with Crippen LogP contribution in [-0.4, -0.2) is 41.2 Å². The molecular weight excluding hydrogens is 383 g/mol. The van der Waals surface area contributed by atoms with Gasteiger partial charge in [-0.05, 0) is 31.2 Å². The number of ketones is 1. The van der Waals surface area contributed by atoms with Gasteiger partial charge in [-0.15, -0.1) is 0 Å². The van der Waals surface area contributed by atoms with Crippen molar-refractivity contribution >= 4 is 28.3 Å². The zero-order valence-corrected chi connectivity index (χ0v) is 15.8. The summed E-state index contributed by atoms with van der Waals surface area (Å²) in [6.45, 7) is 2.15. The van der Waals surface area contributed by atoms with E-state index in [9.17, 15) is 22.8 Å². The minimum absolute atomic E-state index is 0.0105. The average Bonchev–Trinajstić information content (AvgIpc) is 3.13. The van der Waals surface area contributed by atoms with Crippen molar-refractivity contribution in [1.82, 2.24) is 9.88 Å². The zero-order valence-electron chi connectivity index (χ0n) is 15.8. The molecule has 8 heteroatoms. The summed E-state index contributed by atoms with van der Waals surface area (Å²) >= 11 is 0. The smallest absolute Gasteiger partial charge is 0.238 e. The summed E-state index contributed by atoms with van der Waals surface area (Å²) in [5, 5.41) is 3.02. The van der Waals surface area contributed by atoms with E-state index in [0.717, 1.165) is 23.0 Å². The summed E-state index contributed by atoms with van der Waals surface area (Å²) in [7, 11) is 0. The molecule has 0 aliphatic rings. The first-order chi connectivity index (χ1) is 13.9. The molecule has 2 N–H and O–H groups in total. The van der Waals surface area contributed by atoms with Crippen LogP contribution in [0.15, 0.2) is 42.6 Å². The van der Waals surface area contributed by atoms with Crippen molar-refractivity contribution in [3.63, 3.8) is 0 Å². The second-order valence-electron chi connectivity index (χ2n) is 6.65. The van der Waals surface area contributed by atoms with Crippen LogP contribution in [0.5, 0.6) is 0 Å². The Morgan fingerprint density at radius 1 is 1.03 bits per heavy atom. The number of para-hydroxylation sites is 1. The van der Waals surface area contributed by atoms with Crippen LogP contribution in [0.25, 0.3) is 10.9 Å². The molecule has 5 nitrogen and oxygen atoms in total. The fourth-order valence-corrected chi connectivity index (χ4v) is 3.14. The van der Waals surface area contributed by atoms with Gasteiger partial charge >= 0.3 is 0 Å². The number of aromatic amines is 1. The largest absolute Gasteiger partial charge is 0.360 e. The van der Waals surface area contributed by atoms with Crippen LogP contribution >= 0.6 is 0 Å². The predicted molar refractivity (Wildman–Crippen MR) is 104 cm³/mol. The molecule has 0 bridgehead atoms. The number of hydrogen-bond acceptors (Lipinski definition) is 3. The van der Waals surface area contributed by atoms with E-state index in [0.29, 0.717) is 18.5 Å². The fourth-order valence-electron chi connectivity index (χ4n) is 3.14. The molecule has 0 spiro atoms. The molecule has 0 saturated heterocycles. The van der Waals surface area contributed by atoms with Gasteiger partial charge in [0.15, 0.2) is 23.2 Å². The fraction of sp³-hybridized carbons (Fsp3) is 0.238. The molecule has 2 aromatic carbocycles. The van der Waals surface area contributed by atoms with Gasteiger partial charge < -0.3 is 10.3 Å². The quantitative estimate of drug-likeness (QED) is 0.439. The van der Waals surface area contributed by atoms with Crippen molar-refractivity contribution in [2.75, 3.05) is 25.0 Å². The van der Waals surface area contributed by atoms with Gasteiger partial charge in [0.1, 0.15) is 0 Å². The van der Waals surface area contributed by atoms with Crippen molar-refractivity contribution < 1.29 is 22.8 Å². The molecule has 29 heavy (non-hydrogen) atoms. The molecule has 3 rings (SSSR count). The number of benzene rings is 2. The molecule has 0 saturated carbocycles. The van der Waals surface area contributed by atoms with E-state index >= 15 is 0 Å². The number of carbonyl (C=O) groups excluding carboxylic acids is 2. The first-order valence-electron chi connectivity index (χ1n) is 9.15. The van der Waals surface area contributed by atoms with Gasteiger partial charge in [-0.3, -0.25) is 14.5 Å². The molecule has 1 aromatic heterocycles. The molecule has 0 fully saturated rings. The van der Waals surface area contributed by atoms with Crippen molar-refractivity contribution in [2.45, 2.75) is 13.3 Å². The average molecular weight is 403 g/mol. The molecule has 0 unspecified atom stereocenters. The SMILES string of the molecule is CCCN(CC(=O)Nc1ccc(F)c(F)c1F)CC(=O)c1c[nH]c2ccccc12. The number of aromatic nitrogens is 1. The van der Waals surface area contributed by atoms with E-state index in [-0.39, 0.29) is 18.9 Å². The summed E-state index contributed by atoms with van der Waals surface area (Å²) in [5.41, 5.74) is 0.909. The standard InChI is InChI=1S/C21H20F3N3O2/c1-2-9-27(11-18(28)14-10-25-16-6-4-3-5-13(14)16)12-19(29)26-17-8-7-15(22)20(23)21(17)24/h3-8,10,25H,2,9,11-12H2,1H3,(H,26,29). The van der Waals surface area contributed by atoms with Crippen LogP contribution in [0.3, 0.4) is 0 Å². The number of halogens is 3. The number of rotatable bonds is 8. The number of amides is 1. The van der Waals surface area contributed by atoms with E-state index in [1.165, 1.54) is 0 Å². The highest BCUT2D eigenvalue weighted by Crippen LogP contribution is 2.20. The van der Waals surface area contributed by atoms with Crippen LogP contribution in [0.1, 0.15) is 23.7 Å². The highest BCUT2D eigenvalue weighted by atomic mass is 19.2. The number of H-pyrrole nitrogens is 1. The molecule has 0 aliphatic carbocycles. The second-order valence-corrected chi connectivity index (χ2v) is 6.65. The summed E-state index contributed by atoms with van der Waals surface area (Å²) in [4.78, 5) is 29.7. The third-order valence-corrected chi connectivity index (χ3v) is 4.47. The van der Waals surface area contributed by atoms with E-state index < -0.39 is 29.0 Å². The van der Waals surface area contributed by atoms with Gasteiger partial charge in [0.2, 0.25) is 5.91 Å². The Morgan fingerprint density at radius 3 is 2.55 bits per heavy atom. The normalized spacial score (nSPS) is 11.2. The van der Waals surface area contributed by atoms with E-state index in [1.54, 1.807) is 11.1 Å². The molecule has 1 amide bonds. The van der Waals surface area contributed by atoms with E-state index in [1.807, 2.05) is 31.2 Å². The molecule has 0 radical (unpaired) electrons. The monoisotopic (exact) mass is 403 g/mol. The van der Waals surface area contributed by atoms with Gasteiger partial charge in [0.25, 0.3) is 0 Å². The van der Waals surface area contributed by atoms with Crippen LogP contribution < -0.4 is 5.32 Å². The predicted octanol–water partition coefficient (Wildman–Crippen LogP) is 4.12.